The van der Waals surface area contributed by atoms with Gasteiger partial charge in [-0.3, -0.25) is 14.9 Å². The molecule has 0 unspecified atom stereocenters. The van der Waals surface area contributed by atoms with Gasteiger partial charge in [0.15, 0.2) is 12.4 Å². The summed E-state index contributed by atoms with van der Waals surface area (Å²) in [6, 6.07) is 13.8. The molecule has 0 radical (unpaired) electrons. The van der Waals surface area contributed by atoms with Crippen LogP contribution in [0.2, 0.25) is 0 Å². The molecular formula is C18H20N2O5. The van der Waals surface area contributed by atoms with E-state index < -0.39 is 4.92 Å². The molecule has 2 aromatic rings. The van der Waals surface area contributed by atoms with E-state index >= 15 is 0 Å². The first-order valence-electron chi connectivity index (χ1n) is 7.82. The molecule has 0 bridgehead atoms. The molecule has 0 aliphatic carbocycles. The van der Waals surface area contributed by atoms with Crippen LogP contribution < -0.4 is 9.47 Å². The summed E-state index contributed by atoms with van der Waals surface area (Å²) in [5, 5.41) is 11.1. The van der Waals surface area contributed by atoms with Crippen LogP contribution in [0.1, 0.15) is 12.5 Å². The highest BCUT2D eigenvalue weighted by Crippen LogP contribution is 2.31. The molecule has 0 fully saturated rings. The van der Waals surface area contributed by atoms with Gasteiger partial charge in [0.2, 0.25) is 0 Å². The molecule has 0 aromatic heterocycles. The van der Waals surface area contributed by atoms with Crippen molar-refractivity contribution in [3.8, 4) is 11.5 Å². The predicted octanol–water partition coefficient (Wildman–Crippen LogP) is 3.03. The normalized spacial score (nSPS) is 10.2. The van der Waals surface area contributed by atoms with Gasteiger partial charge in [-0.1, -0.05) is 30.3 Å². The number of nitro benzene ring substituents is 1. The molecule has 132 valence electrons. The number of likely N-dealkylation sites (N-methyl/N-ethyl adjacent to an activating group) is 1. The van der Waals surface area contributed by atoms with Crippen LogP contribution >= 0.6 is 0 Å². The van der Waals surface area contributed by atoms with E-state index in [1.54, 1.807) is 11.0 Å². The highest BCUT2D eigenvalue weighted by atomic mass is 16.6. The highest BCUT2D eigenvalue weighted by Gasteiger charge is 2.19. The van der Waals surface area contributed by atoms with Crippen LogP contribution in [0.25, 0.3) is 0 Å². The van der Waals surface area contributed by atoms with Gasteiger partial charge in [-0.2, -0.15) is 0 Å². The maximum absolute atomic E-state index is 12.4. The van der Waals surface area contributed by atoms with Crippen LogP contribution in [0.15, 0.2) is 48.5 Å². The molecule has 0 N–H and O–H groups in total. The van der Waals surface area contributed by atoms with Crippen LogP contribution in [-0.4, -0.2) is 36.0 Å². The van der Waals surface area contributed by atoms with Crippen molar-refractivity contribution in [2.24, 2.45) is 0 Å². The zero-order chi connectivity index (χ0) is 18.2. The molecule has 0 saturated carbocycles. The molecule has 0 aliphatic heterocycles. The van der Waals surface area contributed by atoms with Gasteiger partial charge >= 0.3 is 5.69 Å². The second kappa shape index (κ2) is 8.68. The molecular weight excluding hydrogens is 324 g/mol. The summed E-state index contributed by atoms with van der Waals surface area (Å²) in [4.78, 5) is 24.6. The predicted molar refractivity (Wildman–Crippen MR) is 92.7 cm³/mol. The van der Waals surface area contributed by atoms with Crippen molar-refractivity contribution in [2.45, 2.75) is 13.5 Å². The lowest BCUT2D eigenvalue weighted by molar-refractivity contribution is -0.385. The number of carbonyl (C=O) groups is 1. The van der Waals surface area contributed by atoms with Gasteiger partial charge in [0.1, 0.15) is 5.75 Å². The minimum Gasteiger partial charge on any atom is -0.496 e. The zero-order valence-electron chi connectivity index (χ0n) is 14.2. The summed E-state index contributed by atoms with van der Waals surface area (Å²) in [5.41, 5.74) is 0.770. The van der Waals surface area contributed by atoms with Gasteiger partial charge in [-0.05, 0) is 24.6 Å². The van der Waals surface area contributed by atoms with E-state index in [0.29, 0.717) is 18.8 Å². The molecule has 7 nitrogen and oxygen atoms in total. The van der Waals surface area contributed by atoms with Crippen molar-refractivity contribution in [3.63, 3.8) is 0 Å². The Morgan fingerprint density at radius 2 is 1.92 bits per heavy atom. The Balaban J connectivity index is 2.04. The maximum Gasteiger partial charge on any atom is 0.314 e. The first-order valence-corrected chi connectivity index (χ1v) is 7.82. The van der Waals surface area contributed by atoms with Crippen LogP contribution in [0.4, 0.5) is 5.69 Å². The van der Waals surface area contributed by atoms with E-state index in [9.17, 15) is 14.9 Å². The van der Waals surface area contributed by atoms with E-state index in [1.807, 2.05) is 37.3 Å². The molecule has 2 aromatic carbocycles. The molecule has 0 atom stereocenters. The minimum absolute atomic E-state index is 0.0370. The van der Waals surface area contributed by atoms with Gasteiger partial charge in [-0.25, -0.2) is 0 Å². The largest absolute Gasteiger partial charge is 0.496 e. The van der Waals surface area contributed by atoms with E-state index in [4.69, 9.17) is 9.47 Å². The molecule has 0 heterocycles. The second-order valence-electron chi connectivity index (χ2n) is 5.27. The third kappa shape index (κ3) is 4.94. The summed E-state index contributed by atoms with van der Waals surface area (Å²) in [7, 11) is 1.42. The number of hydrogen-bond donors (Lipinski definition) is 0. The number of amides is 1. The van der Waals surface area contributed by atoms with Crippen molar-refractivity contribution in [1.82, 2.24) is 4.90 Å². The summed E-state index contributed by atoms with van der Waals surface area (Å²) >= 11 is 0. The Morgan fingerprint density at radius 1 is 1.20 bits per heavy atom. The number of rotatable bonds is 8. The summed E-state index contributed by atoms with van der Waals surface area (Å²) in [6.07, 6.45) is 0. The molecule has 0 spiro atoms. The fourth-order valence-electron chi connectivity index (χ4n) is 2.30. The van der Waals surface area contributed by atoms with E-state index in [1.165, 1.54) is 19.2 Å². The van der Waals surface area contributed by atoms with Crippen molar-refractivity contribution < 1.29 is 19.2 Å². The molecule has 1 amide bonds. The Labute approximate surface area is 145 Å². The van der Waals surface area contributed by atoms with Gasteiger partial charge in [-0.15, -0.1) is 0 Å². The first-order chi connectivity index (χ1) is 12.0. The maximum atomic E-state index is 12.4. The van der Waals surface area contributed by atoms with Gasteiger partial charge in [0.25, 0.3) is 5.91 Å². The third-order valence-corrected chi connectivity index (χ3v) is 3.66. The Morgan fingerprint density at radius 3 is 2.52 bits per heavy atom. The fraction of sp³-hybridized carbons (Fsp3) is 0.278. The number of nitro groups is 1. The lowest BCUT2D eigenvalue weighted by Gasteiger charge is -2.21. The van der Waals surface area contributed by atoms with Crippen molar-refractivity contribution in [3.05, 3.63) is 64.2 Å². The van der Waals surface area contributed by atoms with Gasteiger partial charge in [0, 0.05) is 13.1 Å². The average molecular weight is 344 g/mol. The molecule has 25 heavy (non-hydrogen) atoms. The number of benzene rings is 2. The lowest BCUT2D eigenvalue weighted by Crippen LogP contribution is -2.34. The van der Waals surface area contributed by atoms with Crippen LogP contribution in [0.5, 0.6) is 11.5 Å². The molecule has 0 saturated heterocycles. The highest BCUT2D eigenvalue weighted by molar-refractivity contribution is 5.78. The number of carbonyl (C=O) groups excluding carboxylic acids is 1. The fourth-order valence-corrected chi connectivity index (χ4v) is 2.30. The number of nitrogens with zero attached hydrogens (tertiary/aromatic N) is 2. The summed E-state index contributed by atoms with van der Waals surface area (Å²) < 4.78 is 10.4. The SMILES string of the molecule is CCN(Cc1ccccc1)C(=O)COc1ccc(OC)cc1[N+](=O)[O-]. The van der Waals surface area contributed by atoms with E-state index in [2.05, 4.69) is 0 Å². The standard InChI is InChI=1S/C18H20N2O5/c1-3-19(12-14-7-5-4-6-8-14)18(21)13-25-17-10-9-15(24-2)11-16(17)20(22)23/h4-11H,3,12-13H2,1-2H3. The van der Waals surface area contributed by atoms with Crippen molar-refractivity contribution in [1.29, 1.82) is 0 Å². The van der Waals surface area contributed by atoms with Crippen LogP contribution in [-0.2, 0) is 11.3 Å². The quantitative estimate of drug-likeness (QED) is 0.543. The lowest BCUT2D eigenvalue weighted by atomic mass is 10.2. The van der Waals surface area contributed by atoms with Crippen molar-refractivity contribution >= 4 is 11.6 Å². The molecule has 2 rings (SSSR count). The van der Waals surface area contributed by atoms with Crippen molar-refractivity contribution in [2.75, 3.05) is 20.3 Å². The van der Waals surface area contributed by atoms with Gasteiger partial charge in [0.05, 0.1) is 18.1 Å². The topological polar surface area (TPSA) is 81.9 Å². The number of methoxy groups -OCH3 is 1. The number of hydrogen-bond acceptors (Lipinski definition) is 5. The minimum atomic E-state index is -0.566. The van der Waals surface area contributed by atoms with E-state index in [-0.39, 0.29) is 24.0 Å². The Hall–Kier alpha value is -3.09. The Bertz CT molecular complexity index is 734. The average Bonchev–Trinajstić information content (AvgIpc) is 2.64. The third-order valence-electron chi connectivity index (χ3n) is 3.66. The summed E-state index contributed by atoms with van der Waals surface area (Å²) in [5.74, 6) is 0.149. The molecule has 0 aliphatic rings. The first kappa shape index (κ1) is 18.3. The smallest absolute Gasteiger partial charge is 0.314 e. The zero-order valence-corrected chi connectivity index (χ0v) is 14.2. The number of ether oxygens (including phenoxy) is 2. The summed E-state index contributed by atoms with van der Waals surface area (Å²) in [6.45, 7) is 2.58. The molecule has 7 heteroatoms. The van der Waals surface area contributed by atoms with Gasteiger partial charge < -0.3 is 14.4 Å². The van der Waals surface area contributed by atoms with Crippen LogP contribution in [0.3, 0.4) is 0 Å². The van der Waals surface area contributed by atoms with Crippen LogP contribution in [0, 0.1) is 10.1 Å². The Kier molecular flexibility index (Phi) is 6.33. The monoisotopic (exact) mass is 344 g/mol. The second-order valence-corrected chi connectivity index (χ2v) is 5.27. The van der Waals surface area contributed by atoms with E-state index in [0.717, 1.165) is 5.56 Å².